The summed E-state index contributed by atoms with van der Waals surface area (Å²) < 4.78 is 6.22. The first-order valence-electron chi connectivity index (χ1n) is 6.64. The zero-order valence-corrected chi connectivity index (χ0v) is 12.6. The van der Waals surface area contributed by atoms with Gasteiger partial charge >= 0.3 is 0 Å². The molecule has 1 aromatic rings. The second-order valence-electron chi connectivity index (χ2n) is 5.44. The van der Waals surface area contributed by atoms with Gasteiger partial charge in [-0.05, 0) is 49.2 Å². The van der Waals surface area contributed by atoms with Gasteiger partial charge in [-0.2, -0.15) is 0 Å². The number of allylic oxidation sites excluding steroid dienone is 3. The maximum atomic E-state index is 6.22. The molecule has 18 heavy (non-hydrogen) atoms. The summed E-state index contributed by atoms with van der Waals surface area (Å²) in [7, 11) is -1.74. The number of benzene rings is 1. The van der Waals surface area contributed by atoms with Crippen molar-refractivity contribution in [3.05, 3.63) is 53.7 Å². The van der Waals surface area contributed by atoms with Gasteiger partial charge in [-0.15, -0.1) is 0 Å². The molecule has 0 saturated carbocycles. The van der Waals surface area contributed by atoms with Crippen LogP contribution in [0.5, 0.6) is 0 Å². The Balaban J connectivity index is 2.47. The van der Waals surface area contributed by atoms with Crippen molar-refractivity contribution in [3.8, 4) is 0 Å². The van der Waals surface area contributed by atoms with Crippen LogP contribution in [0.15, 0.2) is 48.2 Å². The average molecular weight is 258 g/mol. The van der Waals surface area contributed by atoms with E-state index >= 15 is 0 Å². The van der Waals surface area contributed by atoms with Gasteiger partial charge in [-0.1, -0.05) is 43.0 Å². The highest BCUT2D eigenvalue weighted by atomic mass is 28.4. The molecule has 2 heteroatoms. The van der Waals surface area contributed by atoms with Crippen LogP contribution in [0, 0.1) is 0 Å². The van der Waals surface area contributed by atoms with E-state index in [0.29, 0.717) is 6.10 Å². The van der Waals surface area contributed by atoms with Gasteiger partial charge in [0.05, 0.1) is 0 Å². The highest BCUT2D eigenvalue weighted by molar-refractivity contribution is 6.79. The van der Waals surface area contributed by atoms with Crippen LogP contribution in [0.3, 0.4) is 0 Å². The topological polar surface area (TPSA) is 9.23 Å². The van der Waals surface area contributed by atoms with Gasteiger partial charge in [0, 0.05) is 6.10 Å². The Kier molecular flexibility index (Phi) is 3.88. The fourth-order valence-electron chi connectivity index (χ4n) is 2.77. The summed E-state index contributed by atoms with van der Waals surface area (Å²) in [4.78, 5) is 0. The normalized spacial score (nSPS) is 25.6. The lowest BCUT2D eigenvalue weighted by atomic mass is 10.0. The molecule has 1 atom stereocenters. The summed E-state index contributed by atoms with van der Waals surface area (Å²) in [5, 5.41) is 1.50. The summed E-state index contributed by atoms with van der Waals surface area (Å²) in [6.45, 7) is 10.8. The van der Waals surface area contributed by atoms with Crippen molar-refractivity contribution in [1.82, 2.24) is 0 Å². The minimum Gasteiger partial charge on any atom is -0.411 e. The van der Waals surface area contributed by atoms with Gasteiger partial charge < -0.3 is 4.43 Å². The largest absolute Gasteiger partial charge is 0.411 e. The molecule has 0 bridgehead atoms. The number of hydrogen-bond acceptors (Lipinski definition) is 1. The van der Waals surface area contributed by atoms with Gasteiger partial charge in [0.1, 0.15) is 0 Å². The highest BCUT2D eigenvalue weighted by Gasteiger charge is 2.35. The zero-order valence-electron chi connectivity index (χ0n) is 11.6. The number of hydrogen-bond donors (Lipinski definition) is 0. The average Bonchev–Trinajstić information content (AvgIpc) is 2.33. The second kappa shape index (κ2) is 5.25. The first-order valence-corrected chi connectivity index (χ1v) is 9.54. The molecule has 0 radical (unpaired) electrons. The van der Waals surface area contributed by atoms with E-state index in [9.17, 15) is 0 Å². The summed E-state index contributed by atoms with van der Waals surface area (Å²) in [6, 6.07) is 10.5. The molecule has 1 aliphatic heterocycles. The van der Waals surface area contributed by atoms with Crippen LogP contribution in [0.1, 0.15) is 25.3 Å². The molecule has 0 N–H and O–H groups in total. The van der Waals surface area contributed by atoms with Crippen LogP contribution in [-0.2, 0) is 4.43 Å². The minimum absolute atomic E-state index is 0.400. The zero-order chi connectivity index (χ0) is 13.2. The van der Waals surface area contributed by atoms with Crippen LogP contribution in [0.2, 0.25) is 13.1 Å². The number of rotatable bonds is 2. The minimum atomic E-state index is -1.74. The molecule has 0 amide bonds. The van der Waals surface area contributed by atoms with E-state index in [1.165, 1.54) is 16.3 Å². The Morgan fingerprint density at radius 3 is 2.56 bits per heavy atom. The van der Waals surface area contributed by atoms with Crippen LogP contribution < -0.4 is 0 Å². The van der Waals surface area contributed by atoms with E-state index in [4.69, 9.17) is 4.43 Å². The van der Waals surface area contributed by atoms with Crippen molar-refractivity contribution in [2.24, 2.45) is 0 Å². The Morgan fingerprint density at radius 1 is 1.33 bits per heavy atom. The molecule has 1 unspecified atom stereocenters. The van der Waals surface area contributed by atoms with Crippen molar-refractivity contribution in [3.63, 3.8) is 0 Å². The smallest absolute Gasteiger partial charge is 0.215 e. The maximum absolute atomic E-state index is 6.22. The lowest BCUT2D eigenvalue weighted by Gasteiger charge is -2.36. The predicted molar refractivity (Wildman–Crippen MR) is 80.8 cm³/mol. The van der Waals surface area contributed by atoms with Crippen molar-refractivity contribution in [2.75, 3.05) is 0 Å². The molecule has 1 nitrogen and oxygen atoms in total. The Morgan fingerprint density at radius 2 is 2.00 bits per heavy atom. The van der Waals surface area contributed by atoms with Crippen molar-refractivity contribution in [1.29, 1.82) is 0 Å². The second-order valence-corrected chi connectivity index (χ2v) is 9.30. The Labute approximate surface area is 111 Å². The van der Waals surface area contributed by atoms with Gasteiger partial charge in [0.25, 0.3) is 0 Å². The molecule has 1 heterocycles. The molecule has 96 valence electrons. The van der Waals surface area contributed by atoms with Crippen molar-refractivity contribution in [2.45, 2.75) is 39.0 Å². The first kappa shape index (κ1) is 13.3. The molecule has 0 spiro atoms. The molecule has 1 fully saturated rings. The van der Waals surface area contributed by atoms with E-state index in [1.807, 2.05) is 6.08 Å². The third kappa shape index (κ3) is 2.65. The molecule has 0 aromatic heterocycles. The first-order chi connectivity index (χ1) is 8.54. The van der Waals surface area contributed by atoms with Gasteiger partial charge in [-0.25, -0.2) is 0 Å². The fraction of sp³-hybridized carbons (Fsp3) is 0.375. The van der Waals surface area contributed by atoms with Crippen LogP contribution in [0.25, 0.3) is 5.57 Å². The molecule has 1 aromatic carbocycles. The molecule has 0 aliphatic carbocycles. The quantitative estimate of drug-likeness (QED) is 0.706. The molecule has 1 aliphatic rings. The lowest BCUT2D eigenvalue weighted by Crippen LogP contribution is -2.41. The predicted octanol–water partition coefficient (Wildman–Crippen LogP) is 4.57. The summed E-state index contributed by atoms with van der Waals surface area (Å²) in [5.41, 5.74) is 2.56. The van der Waals surface area contributed by atoms with E-state index in [-0.39, 0.29) is 0 Å². The van der Waals surface area contributed by atoms with Gasteiger partial charge in [-0.3, -0.25) is 0 Å². The molecular weight excluding hydrogens is 236 g/mol. The third-order valence-corrected chi connectivity index (χ3v) is 6.60. The van der Waals surface area contributed by atoms with Crippen molar-refractivity contribution < 1.29 is 4.43 Å². The van der Waals surface area contributed by atoms with E-state index in [1.54, 1.807) is 0 Å². The molecule has 2 rings (SSSR count). The van der Waals surface area contributed by atoms with Crippen LogP contribution in [0.4, 0.5) is 0 Å². The fourth-order valence-corrected chi connectivity index (χ4v) is 5.68. The summed E-state index contributed by atoms with van der Waals surface area (Å²) >= 11 is 0. The van der Waals surface area contributed by atoms with Gasteiger partial charge in [0.2, 0.25) is 8.32 Å². The highest BCUT2D eigenvalue weighted by Crippen LogP contribution is 2.35. The van der Waals surface area contributed by atoms with E-state index in [2.05, 4.69) is 56.9 Å². The van der Waals surface area contributed by atoms with Gasteiger partial charge in [0.15, 0.2) is 0 Å². The lowest BCUT2D eigenvalue weighted by molar-refractivity contribution is 0.190. The SMILES string of the molecule is C=C/C(=C1/CCC(C)O[Si]1(C)C)c1ccccc1. The maximum Gasteiger partial charge on any atom is 0.215 e. The standard InChI is InChI=1S/C16H22OSi/c1-5-15(14-9-7-6-8-10-14)16-12-11-13(2)17-18(16,3)4/h5-10,13H,1,11-12H2,2-4H3/b16-15+. The van der Waals surface area contributed by atoms with E-state index in [0.717, 1.165) is 12.8 Å². The van der Waals surface area contributed by atoms with Crippen LogP contribution >= 0.6 is 0 Å². The summed E-state index contributed by atoms with van der Waals surface area (Å²) in [6.07, 6.45) is 4.67. The Hall–Kier alpha value is -1.12. The Bertz CT molecular complexity index is 459. The molecular formula is C16H22OSi. The summed E-state index contributed by atoms with van der Waals surface area (Å²) in [5.74, 6) is 0. The van der Waals surface area contributed by atoms with E-state index < -0.39 is 8.32 Å². The molecule has 1 saturated heterocycles. The van der Waals surface area contributed by atoms with Crippen molar-refractivity contribution >= 4 is 13.9 Å². The third-order valence-electron chi connectivity index (χ3n) is 3.64. The monoisotopic (exact) mass is 258 g/mol. The van der Waals surface area contributed by atoms with Crippen LogP contribution in [-0.4, -0.2) is 14.4 Å².